The molecule has 1 aromatic rings. The van der Waals surface area contributed by atoms with E-state index in [0.717, 1.165) is 0 Å². The molecular formula is C5H2BrClN. The molecule has 0 aliphatic rings. The molecule has 0 aromatic carbocycles. The quantitative estimate of drug-likeness (QED) is 0.574. The lowest BCUT2D eigenvalue weighted by Gasteiger charge is -1.85. The number of nitrogens with zero attached hydrogens (tertiary/aromatic N) is 1. The maximum absolute atomic E-state index is 5.52. The Morgan fingerprint density at radius 3 is 2.88 bits per heavy atom. The highest BCUT2D eigenvalue weighted by atomic mass is 79.9. The van der Waals surface area contributed by atoms with Crippen molar-refractivity contribution in [3.8, 4) is 0 Å². The Bertz CT molecular complexity index is 172. The monoisotopic (exact) mass is 190 g/mol. The van der Waals surface area contributed by atoms with Crippen LogP contribution in [0.15, 0.2) is 16.9 Å². The van der Waals surface area contributed by atoms with Gasteiger partial charge in [-0.25, -0.2) is 4.98 Å². The van der Waals surface area contributed by atoms with E-state index in [1.165, 1.54) is 0 Å². The van der Waals surface area contributed by atoms with Crippen LogP contribution in [-0.4, -0.2) is 4.98 Å². The first-order valence-corrected chi connectivity index (χ1v) is 3.15. The van der Waals surface area contributed by atoms with Crippen LogP contribution >= 0.6 is 27.5 Å². The molecule has 1 heterocycles. The first kappa shape index (κ1) is 6.05. The second kappa shape index (κ2) is 2.46. The first-order valence-electron chi connectivity index (χ1n) is 1.98. The maximum Gasteiger partial charge on any atom is 0.115 e. The van der Waals surface area contributed by atoms with Gasteiger partial charge < -0.3 is 0 Å². The third-order valence-electron chi connectivity index (χ3n) is 0.631. The molecule has 0 N–H and O–H groups in total. The topological polar surface area (TPSA) is 12.9 Å². The number of halogens is 2. The predicted octanol–water partition coefficient (Wildman–Crippen LogP) is 2.30. The molecule has 0 saturated carbocycles. The third-order valence-corrected chi connectivity index (χ3v) is 1.25. The summed E-state index contributed by atoms with van der Waals surface area (Å²) < 4.78 is 0.644. The van der Waals surface area contributed by atoms with Crippen molar-refractivity contribution in [3.63, 3.8) is 0 Å². The summed E-state index contributed by atoms with van der Waals surface area (Å²) in [4.78, 5) is 3.82. The van der Waals surface area contributed by atoms with Gasteiger partial charge in [0.2, 0.25) is 0 Å². The van der Waals surface area contributed by atoms with E-state index < -0.39 is 0 Å². The number of aromatic nitrogens is 1. The van der Waals surface area contributed by atoms with Gasteiger partial charge in [-0.1, -0.05) is 11.6 Å². The number of rotatable bonds is 0. The molecule has 0 bridgehead atoms. The van der Waals surface area contributed by atoms with Gasteiger partial charge in [0.05, 0.1) is 5.02 Å². The van der Waals surface area contributed by atoms with Crippen LogP contribution in [0.3, 0.4) is 0 Å². The van der Waals surface area contributed by atoms with Crippen molar-refractivity contribution in [1.82, 2.24) is 4.98 Å². The summed E-state index contributed by atoms with van der Waals surface area (Å²) in [5, 5.41) is 0.576. The highest BCUT2D eigenvalue weighted by molar-refractivity contribution is 9.10. The average molecular weight is 191 g/mol. The van der Waals surface area contributed by atoms with Gasteiger partial charge in [0.15, 0.2) is 0 Å². The summed E-state index contributed by atoms with van der Waals surface area (Å²) in [6.45, 7) is 0. The Labute approximate surface area is 60.8 Å². The number of pyridine rings is 1. The van der Waals surface area contributed by atoms with Gasteiger partial charge >= 0.3 is 0 Å². The Morgan fingerprint density at radius 1 is 1.75 bits per heavy atom. The van der Waals surface area contributed by atoms with Crippen LogP contribution in [-0.2, 0) is 0 Å². The van der Waals surface area contributed by atoms with Gasteiger partial charge in [-0.3, -0.25) is 0 Å². The summed E-state index contributed by atoms with van der Waals surface area (Å²) in [7, 11) is 0. The molecule has 0 aliphatic carbocycles. The van der Waals surface area contributed by atoms with Crippen molar-refractivity contribution < 1.29 is 0 Å². The smallest absolute Gasteiger partial charge is 0.115 e. The molecule has 0 aliphatic heterocycles. The minimum absolute atomic E-state index is 0.576. The molecule has 0 saturated heterocycles. The Hall–Kier alpha value is -0.0800. The van der Waals surface area contributed by atoms with Crippen LogP contribution in [0, 0.1) is 6.07 Å². The zero-order chi connectivity index (χ0) is 5.98. The average Bonchev–Trinajstić information content (AvgIpc) is 1.64. The molecule has 8 heavy (non-hydrogen) atoms. The summed E-state index contributed by atoms with van der Waals surface area (Å²) >= 11 is 8.63. The lowest BCUT2D eigenvalue weighted by Crippen LogP contribution is -1.71. The van der Waals surface area contributed by atoms with Gasteiger partial charge in [0.25, 0.3) is 0 Å². The summed E-state index contributed by atoms with van der Waals surface area (Å²) in [5.74, 6) is 0. The molecule has 0 atom stereocenters. The van der Waals surface area contributed by atoms with Crippen LogP contribution in [0.5, 0.6) is 0 Å². The number of hydrogen-bond donors (Lipinski definition) is 0. The molecule has 1 rings (SSSR count). The van der Waals surface area contributed by atoms with Gasteiger partial charge in [-0.15, -0.1) is 0 Å². The molecule has 0 spiro atoms. The van der Waals surface area contributed by atoms with Crippen molar-refractivity contribution in [3.05, 3.63) is 28.0 Å². The molecule has 41 valence electrons. The van der Waals surface area contributed by atoms with E-state index in [2.05, 4.69) is 27.0 Å². The van der Waals surface area contributed by atoms with Crippen LogP contribution < -0.4 is 0 Å². The minimum atomic E-state index is 0.576. The summed E-state index contributed by atoms with van der Waals surface area (Å²) in [6, 6.07) is 4.41. The van der Waals surface area contributed by atoms with E-state index >= 15 is 0 Å². The van der Waals surface area contributed by atoms with Crippen molar-refractivity contribution in [2.24, 2.45) is 0 Å². The van der Waals surface area contributed by atoms with Gasteiger partial charge in [-0.2, -0.15) is 0 Å². The van der Waals surface area contributed by atoms with E-state index in [0.29, 0.717) is 9.63 Å². The lowest BCUT2D eigenvalue weighted by molar-refractivity contribution is 1.27. The van der Waals surface area contributed by atoms with E-state index in [4.69, 9.17) is 11.6 Å². The Morgan fingerprint density at radius 2 is 2.50 bits per heavy atom. The highest BCUT2D eigenvalue weighted by Crippen LogP contribution is 2.10. The fourth-order valence-electron chi connectivity index (χ4n) is 0.341. The molecule has 0 fully saturated rings. The molecular weight excluding hydrogens is 189 g/mol. The highest BCUT2D eigenvalue weighted by Gasteiger charge is 1.87. The van der Waals surface area contributed by atoms with Crippen molar-refractivity contribution in [2.45, 2.75) is 0 Å². The molecule has 0 unspecified atom stereocenters. The van der Waals surface area contributed by atoms with Crippen molar-refractivity contribution in [1.29, 1.82) is 0 Å². The molecule has 3 heteroatoms. The molecule has 1 radical (unpaired) electrons. The molecule has 0 amide bonds. The van der Waals surface area contributed by atoms with E-state index in [1.54, 1.807) is 12.3 Å². The standard InChI is InChI=1S/C5H2BrClN/c6-5-3-4(7)1-2-8-5/h1-2H. The van der Waals surface area contributed by atoms with Gasteiger partial charge in [-0.05, 0) is 22.0 Å². The normalized spacial score (nSPS) is 9.25. The fourth-order valence-corrected chi connectivity index (χ4v) is 0.932. The summed E-state index contributed by atoms with van der Waals surface area (Å²) in [6.07, 6.45) is 1.61. The SMILES string of the molecule is Clc1[c]c(Br)ncc1. The minimum Gasteiger partial charge on any atom is -0.249 e. The van der Waals surface area contributed by atoms with Crippen molar-refractivity contribution >= 4 is 27.5 Å². The first-order chi connectivity index (χ1) is 3.79. The second-order valence-electron chi connectivity index (χ2n) is 1.21. The third kappa shape index (κ3) is 1.46. The lowest BCUT2D eigenvalue weighted by atomic mass is 10.5. The predicted molar refractivity (Wildman–Crippen MR) is 35.8 cm³/mol. The van der Waals surface area contributed by atoms with Crippen LogP contribution in [0.1, 0.15) is 0 Å². The molecule has 1 aromatic heterocycles. The Balaban J connectivity index is 3.08. The van der Waals surface area contributed by atoms with Gasteiger partial charge in [0.1, 0.15) is 4.60 Å². The zero-order valence-electron chi connectivity index (χ0n) is 3.86. The van der Waals surface area contributed by atoms with E-state index in [1.807, 2.05) is 0 Å². The van der Waals surface area contributed by atoms with Crippen molar-refractivity contribution in [2.75, 3.05) is 0 Å². The zero-order valence-corrected chi connectivity index (χ0v) is 6.20. The summed E-state index contributed by atoms with van der Waals surface area (Å²) in [5.41, 5.74) is 0. The van der Waals surface area contributed by atoms with Crippen LogP contribution in [0.25, 0.3) is 0 Å². The Kier molecular flexibility index (Phi) is 1.86. The number of hydrogen-bond acceptors (Lipinski definition) is 1. The van der Waals surface area contributed by atoms with Gasteiger partial charge in [0, 0.05) is 12.3 Å². The van der Waals surface area contributed by atoms with Crippen LogP contribution in [0.4, 0.5) is 0 Å². The molecule has 1 nitrogen and oxygen atoms in total. The van der Waals surface area contributed by atoms with Crippen LogP contribution in [0.2, 0.25) is 5.02 Å². The largest absolute Gasteiger partial charge is 0.249 e. The second-order valence-corrected chi connectivity index (χ2v) is 2.37. The van der Waals surface area contributed by atoms with E-state index in [9.17, 15) is 0 Å². The van der Waals surface area contributed by atoms with E-state index in [-0.39, 0.29) is 0 Å². The fraction of sp³-hybridized carbons (Fsp3) is 0. The maximum atomic E-state index is 5.52.